The SMILES string of the molecule is COc1ccc(NC(=O)c2cnc(N3CCN(c4cccc(C)c4)CC3)nc2N)cc1. The summed E-state index contributed by atoms with van der Waals surface area (Å²) >= 11 is 0. The van der Waals surface area contributed by atoms with Gasteiger partial charge < -0.3 is 25.6 Å². The molecule has 0 saturated carbocycles. The summed E-state index contributed by atoms with van der Waals surface area (Å²) in [6, 6.07) is 15.6. The second kappa shape index (κ2) is 8.91. The van der Waals surface area contributed by atoms with Crippen molar-refractivity contribution in [3.8, 4) is 5.75 Å². The van der Waals surface area contributed by atoms with Crippen LogP contribution >= 0.6 is 0 Å². The van der Waals surface area contributed by atoms with Crippen LogP contribution < -0.4 is 25.6 Å². The second-order valence-corrected chi connectivity index (χ2v) is 7.46. The number of aromatic nitrogens is 2. The molecule has 0 radical (unpaired) electrons. The first-order chi connectivity index (χ1) is 15.0. The standard InChI is InChI=1S/C23H26N6O2/c1-16-4-3-5-18(14-16)28-10-12-29(13-11-28)23-25-15-20(21(24)27-23)22(30)26-17-6-8-19(31-2)9-7-17/h3-9,14-15H,10-13H2,1-2H3,(H,26,30)(H2,24,25,27). The summed E-state index contributed by atoms with van der Waals surface area (Å²) in [7, 11) is 1.59. The minimum absolute atomic E-state index is 0.164. The topological polar surface area (TPSA) is 96.6 Å². The monoisotopic (exact) mass is 418 g/mol. The molecule has 8 nitrogen and oxygen atoms in total. The van der Waals surface area contributed by atoms with Gasteiger partial charge in [-0.1, -0.05) is 12.1 Å². The van der Waals surface area contributed by atoms with E-state index in [9.17, 15) is 4.79 Å². The van der Waals surface area contributed by atoms with Gasteiger partial charge >= 0.3 is 0 Å². The fraction of sp³-hybridized carbons (Fsp3) is 0.261. The number of ether oxygens (including phenoxy) is 1. The van der Waals surface area contributed by atoms with E-state index in [4.69, 9.17) is 10.5 Å². The molecule has 0 aliphatic carbocycles. The Morgan fingerprint density at radius 3 is 2.42 bits per heavy atom. The molecular formula is C23H26N6O2. The molecule has 0 spiro atoms. The van der Waals surface area contributed by atoms with Crippen LogP contribution in [0.5, 0.6) is 5.75 Å². The highest BCUT2D eigenvalue weighted by Crippen LogP contribution is 2.21. The molecule has 1 saturated heterocycles. The van der Waals surface area contributed by atoms with E-state index >= 15 is 0 Å². The summed E-state index contributed by atoms with van der Waals surface area (Å²) in [6.45, 7) is 5.40. The summed E-state index contributed by atoms with van der Waals surface area (Å²) in [4.78, 5) is 25.8. The van der Waals surface area contributed by atoms with Crippen LogP contribution in [0.3, 0.4) is 0 Å². The summed E-state index contributed by atoms with van der Waals surface area (Å²) in [5, 5.41) is 2.80. The van der Waals surface area contributed by atoms with E-state index in [1.807, 2.05) is 0 Å². The van der Waals surface area contributed by atoms with Gasteiger partial charge in [0.25, 0.3) is 5.91 Å². The van der Waals surface area contributed by atoms with Crippen LogP contribution in [-0.2, 0) is 0 Å². The van der Waals surface area contributed by atoms with Crippen molar-refractivity contribution in [2.24, 2.45) is 0 Å². The van der Waals surface area contributed by atoms with E-state index in [1.165, 1.54) is 17.4 Å². The molecule has 3 N–H and O–H groups in total. The predicted octanol–water partition coefficient (Wildman–Crippen LogP) is 2.95. The summed E-state index contributed by atoms with van der Waals surface area (Å²) < 4.78 is 5.13. The van der Waals surface area contributed by atoms with Crippen molar-refractivity contribution >= 4 is 29.0 Å². The molecule has 160 valence electrons. The van der Waals surface area contributed by atoms with E-state index in [0.717, 1.165) is 26.2 Å². The molecule has 3 aromatic rings. The summed E-state index contributed by atoms with van der Waals surface area (Å²) in [5.41, 5.74) is 9.46. The number of piperazine rings is 1. The van der Waals surface area contributed by atoms with E-state index in [2.05, 4.69) is 56.3 Å². The Balaban J connectivity index is 1.40. The van der Waals surface area contributed by atoms with Crippen molar-refractivity contribution in [3.05, 3.63) is 65.9 Å². The minimum atomic E-state index is -0.349. The molecule has 1 aliphatic rings. The number of nitrogen functional groups attached to an aromatic ring is 1. The van der Waals surface area contributed by atoms with Crippen LogP contribution in [-0.4, -0.2) is 49.2 Å². The van der Waals surface area contributed by atoms with Gasteiger partial charge in [0.15, 0.2) is 0 Å². The van der Waals surface area contributed by atoms with E-state index < -0.39 is 0 Å². The molecule has 0 unspecified atom stereocenters. The Bertz CT molecular complexity index is 1060. The summed E-state index contributed by atoms with van der Waals surface area (Å²) in [5.74, 6) is 1.07. The molecule has 0 atom stereocenters. The Hall–Kier alpha value is -3.81. The van der Waals surface area contributed by atoms with Gasteiger partial charge in [-0.05, 0) is 48.9 Å². The summed E-state index contributed by atoms with van der Waals surface area (Å²) in [6.07, 6.45) is 1.49. The third kappa shape index (κ3) is 4.69. The maximum Gasteiger partial charge on any atom is 0.260 e. The minimum Gasteiger partial charge on any atom is -0.497 e. The molecular weight excluding hydrogens is 392 g/mol. The van der Waals surface area contributed by atoms with Crippen LogP contribution in [0, 0.1) is 6.92 Å². The van der Waals surface area contributed by atoms with Crippen molar-refractivity contribution in [3.63, 3.8) is 0 Å². The number of nitrogens with two attached hydrogens (primary N) is 1. The maximum atomic E-state index is 12.6. The Labute approximate surface area is 181 Å². The van der Waals surface area contributed by atoms with Crippen LogP contribution in [0.2, 0.25) is 0 Å². The zero-order valence-corrected chi connectivity index (χ0v) is 17.7. The van der Waals surface area contributed by atoms with Gasteiger partial charge in [-0.3, -0.25) is 4.79 Å². The quantitative estimate of drug-likeness (QED) is 0.657. The van der Waals surface area contributed by atoms with Crippen LogP contribution in [0.15, 0.2) is 54.7 Å². The highest BCUT2D eigenvalue weighted by molar-refractivity contribution is 6.07. The van der Waals surface area contributed by atoms with Crippen LogP contribution in [0.25, 0.3) is 0 Å². The normalized spacial score (nSPS) is 13.7. The number of nitrogens with one attached hydrogen (secondary N) is 1. The highest BCUT2D eigenvalue weighted by Gasteiger charge is 2.21. The third-order valence-electron chi connectivity index (χ3n) is 5.33. The van der Waals surface area contributed by atoms with Crippen LogP contribution in [0.1, 0.15) is 15.9 Å². The molecule has 4 rings (SSSR count). The molecule has 1 amide bonds. The third-order valence-corrected chi connectivity index (χ3v) is 5.33. The number of carbonyl (C=O) groups is 1. The second-order valence-electron chi connectivity index (χ2n) is 7.46. The van der Waals surface area contributed by atoms with Crippen molar-refractivity contribution in [1.29, 1.82) is 0 Å². The average molecular weight is 419 g/mol. The number of nitrogens with zero attached hydrogens (tertiary/aromatic N) is 4. The maximum absolute atomic E-state index is 12.6. The number of rotatable bonds is 5. The van der Waals surface area contributed by atoms with Gasteiger partial charge in [-0.2, -0.15) is 4.98 Å². The lowest BCUT2D eigenvalue weighted by molar-refractivity contribution is 0.102. The van der Waals surface area contributed by atoms with Gasteiger partial charge in [0.2, 0.25) is 5.95 Å². The number of anilines is 4. The zero-order chi connectivity index (χ0) is 21.8. The molecule has 2 heterocycles. The fourth-order valence-electron chi connectivity index (χ4n) is 3.57. The average Bonchev–Trinajstić information content (AvgIpc) is 2.79. The van der Waals surface area contributed by atoms with Gasteiger partial charge in [0, 0.05) is 43.8 Å². The number of methoxy groups -OCH3 is 1. The highest BCUT2D eigenvalue weighted by atomic mass is 16.5. The van der Waals surface area contributed by atoms with Crippen molar-refractivity contribution in [2.45, 2.75) is 6.92 Å². The molecule has 2 aromatic carbocycles. The van der Waals surface area contributed by atoms with Gasteiger partial charge in [0.1, 0.15) is 17.1 Å². The molecule has 1 aromatic heterocycles. The van der Waals surface area contributed by atoms with Crippen molar-refractivity contribution < 1.29 is 9.53 Å². The van der Waals surface area contributed by atoms with Crippen molar-refractivity contribution in [1.82, 2.24) is 9.97 Å². The number of carbonyl (C=O) groups excluding carboxylic acids is 1. The van der Waals surface area contributed by atoms with Crippen LogP contribution in [0.4, 0.5) is 23.1 Å². The van der Waals surface area contributed by atoms with E-state index in [0.29, 0.717) is 17.4 Å². The number of benzene rings is 2. The fourth-order valence-corrected chi connectivity index (χ4v) is 3.57. The van der Waals surface area contributed by atoms with Gasteiger partial charge in [-0.25, -0.2) is 4.98 Å². The largest absolute Gasteiger partial charge is 0.497 e. The Morgan fingerprint density at radius 2 is 1.77 bits per heavy atom. The van der Waals surface area contributed by atoms with E-state index in [1.54, 1.807) is 31.4 Å². The Morgan fingerprint density at radius 1 is 1.06 bits per heavy atom. The number of aryl methyl sites for hydroxylation is 1. The number of hydrogen-bond acceptors (Lipinski definition) is 7. The van der Waals surface area contributed by atoms with Crippen molar-refractivity contribution in [2.75, 3.05) is 54.1 Å². The zero-order valence-electron chi connectivity index (χ0n) is 17.7. The predicted molar refractivity (Wildman–Crippen MR) is 123 cm³/mol. The lowest BCUT2D eigenvalue weighted by atomic mass is 10.2. The Kier molecular flexibility index (Phi) is 5.88. The van der Waals surface area contributed by atoms with E-state index in [-0.39, 0.29) is 17.3 Å². The molecule has 8 heteroatoms. The number of amides is 1. The van der Waals surface area contributed by atoms with Gasteiger partial charge in [0.05, 0.1) is 7.11 Å². The number of hydrogen-bond donors (Lipinski definition) is 2. The smallest absolute Gasteiger partial charge is 0.260 e. The molecule has 0 bridgehead atoms. The first-order valence-corrected chi connectivity index (χ1v) is 10.2. The lowest BCUT2D eigenvalue weighted by Gasteiger charge is -2.36. The lowest BCUT2D eigenvalue weighted by Crippen LogP contribution is -2.47. The first kappa shape index (κ1) is 20.5. The molecule has 1 aliphatic heterocycles. The van der Waals surface area contributed by atoms with Gasteiger partial charge in [-0.15, -0.1) is 0 Å². The molecule has 31 heavy (non-hydrogen) atoms. The molecule has 1 fully saturated rings. The first-order valence-electron chi connectivity index (χ1n) is 10.2.